The van der Waals surface area contributed by atoms with Crippen LogP contribution in [0.3, 0.4) is 0 Å². The first kappa shape index (κ1) is 16.4. The first-order valence-electron chi connectivity index (χ1n) is 7.38. The molecule has 0 aliphatic carbocycles. The van der Waals surface area contributed by atoms with Gasteiger partial charge in [-0.05, 0) is 43.4 Å². The Morgan fingerprint density at radius 3 is 2.92 bits per heavy atom. The second kappa shape index (κ2) is 7.42. The maximum Gasteiger partial charge on any atom is 0.216 e. The van der Waals surface area contributed by atoms with Crippen LogP contribution in [-0.2, 0) is 0 Å². The fourth-order valence-corrected chi connectivity index (χ4v) is 2.58. The fraction of sp³-hybridized carbons (Fsp3) is 0.118. The number of benzene rings is 2. The van der Waals surface area contributed by atoms with Crippen molar-refractivity contribution >= 4 is 30.0 Å². The molecule has 1 aromatic heterocycles. The molecule has 7 heteroatoms. The number of nitrogens with zero attached hydrogens (tertiary/aromatic N) is 3. The highest BCUT2D eigenvalue weighted by Crippen LogP contribution is 2.21. The van der Waals surface area contributed by atoms with E-state index in [0.717, 1.165) is 16.9 Å². The van der Waals surface area contributed by atoms with Gasteiger partial charge in [0.15, 0.2) is 5.82 Å². The Kier molecular flexibility index (Phi) is 5.08. The van der Waals surface area contributed by atoms with Crippen LogP contribution in [0.25, 0.3) is 11.4 Å². The average Bonchev–Trinajstić information content (AvgIpc) is 2.95. The second-order valence-corrected chi connectivity index (χ2v) is 5.71. The van der Waals surface area contributed by atoms with Gasteiger partial charge in [0.1, 0.15) is 5.75 Å². The van der Waals surface area contributed by atoms with Crippen molar-refractivity contribution in [3.05, 3.63) is 63.9 Å². The maximum atomic E-state index is 6.05. The van der Waals surface area contributed by atoms with Crippen LogP contribution >= 0.6 is 23.8 Å². The molecular weight excluding hydrogens is 344 g/mol. The van der Waals surface area contributed by atoms with Crippen molar-refractivity contribution < 1.29 is 4.74 Å². The molecule has 0 fully saturated rings. The number of aromatic amines is 1. The molecule has 0 aliphatic heterocycles. The Morgan fingerprint density at radius 2 is 2.12 bits per heavy atom. The molecule has 2 aromatic carbocycles. The zero-order valence-electron chi connectivity index (χ0n) is 12.9. The number of ether oxygens (including phenoxy) is 1. The van der Waals surface area contributed by atoms with Gasteiger partial charge in [0.25, 0.3) is 0 Å². The number of rotatable bonds is 5. The third kappa shape index (κ3) is 3.55. The molecule has 1 heterocycles. The van der Waals surface area contributed by atoms with Gasteiger partial charge >= 0.3 is 0 Å². The standard InChI is InChI=1S/C17H15ClN4OS/c1-2-23-15-9-4-3-6-13(15)11-19-22-16(20-21-17(22)24)12-7-5-8-14(18)10-12/h3-11H,2H2,1H3,(H,21,24)/b19-11-. The molecule has 122 valence electrons. The first-order valence-corrected chi connectivity index (χ1v) is 8.17. The lowest BCUT2D eigenvalue weighted by atomic mass is 10.2. The zero-order valence-corrected chi connectivity index (χ0v) is 14.5. The molecule has 1 N–H and O–H groups in total. The first-order chi connectivity index (χ1) is 11.7. The highest BCUT2D eigenvalue weighted by molar-refractivity contribution is 7.71. The van der Waals surface area contributed by atoms with Crippen LogP contribution in [0.1, 0.15) is 12.5 Å². The number of para-hydroxylation sites is 1. The third-order valence-corrected chi connectivity index (χ3v) is 3.76. The van der Waals surface area contributed by atoms with E-state index in [-0.39, 0.29) is 0 Å². The minimum absolute atomic E-state index is 0.398. The lowest BCUT2D eigenvalue weighted by Gasteiger charge is -2.06. The van der Waals surface area contributed by atoms with Gasteiger partial charge in [-0.3, -0.25) is 0 Å². The summed E-state index contributed by atoms with van der Waals surface area (Å²) in [7, 11) is 0. The Bertz CT molecular complexity index is 932. The molecule has 0 aliphatic rings. The fourth-order valence-electron chi connectivity index (χ4n) is 2.21. The molecular formula is C17H15ClN4OS. The summed E-state index contributed by atoms with van der Waals surface area (Å²) in [4.78, 5) is 0. The van der Waals surface area contributed by atoms with Gasteiger partial charge in [0.2, 0.25) is 4.77 Å². The zero-order chi connectivity index (χ0) is 16.9. The van der Waals surface area contributed by atoms with Gasteiger partial charge < -0.3 is 4.74 Å². The summed E-state index contributed by atoms with van der Waals surface area (Å²) in [5.41, 5.74) is 1.68. The molecule has 5 nitrogen and oxygen atoms in total. The van der Waals surface area contributed by atoms with Gasteiger partial charge in [-0.2, -0.15) is 14.9 Å². The number of hydrogen-bond donors (Lipinski definition) is 1. The van der Waals surface area contributed by atoms with Gasteiger partial charge in [0.05, 0.1) is 12.8 Å². The number of H-pyrrole nitrogens is 1. The minimum Gasteiger partial charge on any atom is -0.493 e. The van der Waals surface area contributed by atoms with E-state index in [1.807, 2.05) is 49.4 Å². The van der Waals surface area contributed by atoms with Gasteiger partial charge in [-0.1, -0.05) is 35.9 Å². The van der Waals surface area contributed by atoms with Crippen LogP contribution in [0.4, 0.5) is 0 Å². The van der Waals surface area contributed by atoms with E-state index < -0.39 is 0 Å². The highest BCUT2D eigenvalue weighted by Gasteiger charge is 2.08. The van der Waals surface area contributed by atoms with E-state index in [1.165, 1.54) is 0 Å². The highest BCUT2D eigenvalue weighted by atomic mass is 35.5. The summed E-state index contributed by atoms with van der Waals surface area (Å²) >= 11 is 11.3. The van der Waals surface area contributed by atoms with Crippen molar-refractivity contribution in [1.29, 1.82) is 0 Å². The molecule has 0 saturated heterocycles. The topological polar surface area (TPSA) is 55.2 Å². The van der Waals surface area contributed by atoms with Crippen molar-refractivity contribution in [2.75, 3.05) is 6.61 Å². The van der Waals surface area contributed by atoms with Gasteiger partial charge in [-0.25, -0.2) is 5.10 Å². The maximum absolute atomic E-state index is 6.05. The normalized spacial score (nSPS) is 11.1. The number of halogens is 1. The van der Waals surface area contributed by atoms with E-state index in [2.05, 4.69) is 15.3 Å². The number of aromatic nitrogens is 3. The largest absolute Gasteiger partial charge is 0.493 e. The summed E-state index contributed by atoms with van der Waals surface area (Å²) in [5.74, 6) is 1.36. The lowest BCUT2D eigenvalue weighted by molar-refractivity contribution is 0.340. The summed E-state index contributed by atoms with van der Waals surface area (Å²) in [5, 5.41) is 12.1. The second-order valence-electron chi connectivity index (χ2n) is 4.89. The number of hydrogen-bond acceptors (Lipinski definition) is 4. The molecule has 3 rings (SSSR count). The quantitative estimate of drug-likeness (QED) is 0.538. The lowest BCUT2D eigenvalue weighted by Crippen LogP contribution is -1.98. The van der Waals surface area contributed by atoms with Gasteiger partial charge in [0, 0.05) is 16.1 Å². The van der Waals surface area contributed by atoms with E-state index in [4.69, 9.17) is 28.6 Å². The molecule has 0 atom stereocenters. The Morgan fingerprint density at radius 1 is 1.29 bits per heavy atom. The predicted molar refractivity (Wildman–Crippen MR) is 98.5 cm³/mol. The minimum atomic E-state index is 0.398. The van der Waals surface area contributed by atoms with Crippen molar-refractivity contribution in [3.8, 4) is 17.1 Å². The van der Waals surface area contributed by atoms with Crippen molar-refractivity contribution in [1.82, 2.24) is 14.9 Å². The molecule has 0 saturated carbocycles. The Labute approximate surface area is 149 Å². The molecule has 0 bridgehead atoms. The van der Waals surface area contributed by atoms with Crippen LogP contribution in [0.15, 0.2) is 53.6 Å². The van der Waals surface area contributed by atoms with Crippen molar-refractivity contribution in [2.24, 2.45) is 5.10 Å². The molecule has 0 amide bonds. The SMILES string of the molecule is CCOc1ccccc1/C=N\n1c(-c2cccc(Cl)c2)n[nH]c1=S. The summed E-state index contributed by atoms with van der Waals surface area (Å²) < 4.78 is 7.56. The summed E-state index contributed by atoms with van der Waals surface area (Å²) in [6.45, 7) is 2.53. The molecule has 3 aromatic rings. The number of nitrogens with one attached hydrogen (secondary N) is 1. The van der Waals surface area contributed by atoms with Gasteiger partial charge in [-0.15, -0.1) is 0 Å². The van der Waals surface area contributed by atoms with Crippen molar-refractivity contribution in [3.63, 3.8) is 0 Å². The smallest absolute Gasteiger partial charge is 0.216 e. The van der Waals surface area contributed by atoms with Crippen LogP contribution in [0.5, 0.6) is 5.75 Å². The van der Waals surface area contributed by atoms with Crippen LogP contribution in [0, 0.1) is 4.77 Å². The Hall–Kier alpha value is -2.44. The molecule has 0 spiro atoms. The third-order valence-electron chi connectivity index (χ3n) is 3.26. The van der Waals surface area contributed by atoms with Crippen LogP contribution < -0.4 is 4.74 Å². The molecule has 0 unspecified atom stereocenters. The van der Waals surface area contributed by atoms with Crippen LogP contribution in [-0.4, -0.2) is 27.7 Å². The summed E-state index contributed by atoms with van der Waals surface area (Å²) in [6, 6.07) is 15.0. The average molecular weight is 359 g/mol. The Balaban J connectivity index is 2.00. The van der Waals surface area contributed by atoms with E-state index >= 15 is 0 Å². The monoisotopic (exact) mass is 358 g/mol. The predicted octanol–water partition coefficient (Wildman–Crippen LogP) is 4.54. The van der Waals surface area contributed by atoms with E-state index in [1.54, 1.807) is 17.0 Å². The van der Waals surface area contributed by atoms with Crippen molar-refractivity contribution in [2.45, 2.75) is 6.92 Å². The van der Waals surface area contributed by atoms with E-state index in [0.29, 0.717) is 22.2 Å². The van der Waals surface area contributed by atoms with Crippen LogP contribution in [0.2, 0.25) is 5.02 Å². The molecule has 24 heavy (non-hydrogen) atoms. The van der Waals surface area contributed by atoms with E-state index in [9.17, 15) is 0 Å². The molecule has 0 radical (unpaired) electrons. The summed E-state index contributed by atoms with van der Waals surface area (Å²) in [6.07, 6.45) is 1.70.